The highest BCUT2D eigenvalue weighted by atomic mass is 16.1. The number of nitrogens with zero attached hydrogens (tertiary/aromatic N) is 4. The summed E-state index contributed by atoms with van der Waals surface area (Å²) in [4.78, 5) is 19.8. The number of aromatic amines is 1. The molecule has 2 rings (SSSR count). The van der Waals surface area contributed by atoms with E-state index < -0.39 is 0 Å². The Balaban J connectivity index is 1.97. The van der Waals surface area contributed by atoms with Gasteiger partial charge >= 0.3 is 0 Å². The van der Waals surface area contributed by atoms with Crippen molar-refractivity contribution in [1.29, 1.82) is 0 Å². The predicted molar refractivity (Wildman–Crippen MR) is 62.7 cm³/mol. The molecule has 0 amide bonds. The standard InChI is InChI=1S/C10H14N6O/c1-2-16-6-5-12-9(10(16)17)11-4-3-8-13-7-14-15-8/h5-7H,2-4H2,1H3,(H,11,12)(H,13,14,15). The zero-order valence-electron chi connectivity index (χ0n) is 9.55. The highest BCUT2D eigenvalue weighted by Gasteiger charge is 2.03. The zero-order valence-corrected chi connectivity index (χ0v) is 9.55. The predicted octanol–water partition coefficient (Wildman–Crippen LogP) is 0.0359. The van der Waals surface area contributed by atoms with Gasteiger partial charge in [0.05, 0.1) is 0 Å². The molecule has 7 nitrogen and oxygen atoms in total. The lowest BCUT2D eigenvalue weighted by Crippen LogP contribution is -2.24. The Kier molecular flexibility index (Phi) is 3.49. The summed E-state index contributed by atoms with van der Waals surface area (Å²) in [5.41, 5.74) is -0.104. The van der Waals surface area contributed by atoms with E-state index in [9.17, 15) is 4.79 Å². The Hall–Kier alpha value is -2.18. The first-order valence-corrected chi connectivity index (χ1v) is 5.45. The minimum absolute atomic E-state index is 0.104. The molecule has 90 valence electrons. The summed E-state index contributed by atoms with van der Waals surface area (Å²) < 4.78 is 1.60. The molecule has 0 aliphatic rings. The molecule has 0 saturated carbocycles. The largest absolute Gasteiger partial charge is 0.365 e. The molecule has 0 aliphatic carbocycles. The maximum atomic E-state index is 11.8. The van der Waals surface area contributed by atoms with Gasteiger partial charge in [0.15, 0.2) is 5.82 Å². The van der Waals surface area contributed by atoms with Crippen LogP contribution in [0.4, 0.5) is 5.82 Å². The van der Waals surface area contributed by atoms with Gasteiger partial charge in [0.25, 0.3) is 5.56 Å². The van der Waals surface area contributed by atoms with Crippen molar-refractivity contribution in [3.05, 3.63) is 34.9 Å². The summed E-state index contributed by atoms with van der Waals surface area (Å²) >= 11 is 0. The van der Waals surface area contributed by atoms with Crippen LogP contribution in [-0.4, -0.2) is 31.3 Å². The van der Waals surface area contributed by atoms with E-state index in [1.54, 1.807) is 17.0 Å². The Bertz CT molecular complexity index is 518. The topological polar surface area (TPSA) is 88.5 Å². The molecule has 0 atom stereocenters. The molecule has 0 aromatic carbocycles. The maximum Gasteiger partial charge on any atom is 0.293 e. The van der Waals surface area contributed by atoms with Gasteiger partial charge in [0, 0.05) is 31.9 Å². The monoisotopic (exact) mass is 234 g/mol. The molecule has 2 N–H and O–H groups in total. The summed E-state index contributed by atoms with van der Waals surface area (Å²) in [7, 11) is 0. The van der Waals surface area contributed by atoms with Gasteiger partial charge < -0.3 is 9.88 Å². The third-order valence-corrected chi connectivity index (χ3v) is 2.37. The highest BCUT2D eigenvalue weighted by Crippen LogP contribution is 1.94. The van der Waals surface area contributed by atoms with Crippen molar-refractivity contribution in [2.75, 3.05) is 11.9 Å². The second-order valence-corrected chi connectivity index (χ2v) is 3.48. The van der Waals surface area contributed by atoms with Crippen LogP contribution < -0.4 is 10.9 Å². The fraction of sp³-hybridized carbons (Fsp3) is 0.400. The summed E-state index contributed by atoms with van der Waals surface area (Å²) in [5, 5.41) is 9.50. The van der Waals surface area contributed by atoms with Crippen LogP contribution in [-0.2, 0) is 13.0 Å². The fourth-order valence-electron chi connectivity index (χ4n) is 1.47. The number of H-pyrrole nitrogens is 1. The fourth-order valence-corrected chi connectivity index (χ4v) is 1.47. The SMILES string of the molecule is CCn1ccnc(NCCc2ncn[nH]2)c1=O. The summed E-state index contributed by atoms with van der Waals surface area (Å²) in [5.74, 6) is 1.15. The van der Waals surface area contributed by atoms with Crippen molar-refractivity contribution < 1.29 is 0 Å². The number of rotatable bonds is 5. The van der Waals surface area contributed by atoms with E-state index in [-0.39, 0.29) is 5.56 Å². The van der Waals surface area contributed by atoms with Gasteiger partial charge in [-0.1, -0.05) is 0 Å². The Morgan fingerprint density at radius 1 is 1.47 bits per heavy atom. The molecule has 7 heteroatoms. The Morgan fingerprint density at radius 2 is 2.35 bits per heavy atom. The normalized spacial score (nSPS) is 10.4. The van der Waals surface area contributed by atoms with E-state index in [0.29, 0.717) is 25.3 Å². The molecule has 0 bridgehead atoms. The van der Waals surface area contributed by atoms with Crippen molar-refractivity contribution >= 4 is 5.82 Å². The van der Waals surface area contributed by atoms with Crippen LogP contribution in [0, 0.1) is 0 Å². The molecular weight excluding hydrogens is 220 g/mol. The van der Waals surface area contributed by atoms with Crippen LogP contribution in [0.3, 0.4) is 0 Å². The second kappa shape index (κ2) is 5.24. The Labute approximate surface area is 97.9 Å². The highest BCUT2D eigenvalue weighted by molar-refractivity contribution is 5.30. The van der Waals surface area contributed by atoms with E-state index in [4.69, 9.17) is 0 Å². The van der Waals surface area contributed by atoms with Crippen LogP contribution in [0.5, 0.6) is 0 Å². The van der Waals surface area contributed by atoms with E-state index >= 15 is 0 Å². The minimum Gasteiger partial charge on any atom is -0.365 e. The molecule has 0 radical (unpaired) electrons. The third kappa shape index (κ3) is 2.68. The number of aryl methyl sites for hydroxylation is 1. The first kappa shape index (κ1) is 11.3. The zero-order chi connectivity index (χ0) is 12.1. The number of hydrogen-bond donors (Lipinski definition) is 2. The van der Waals surface area contributed by atoms with Crippen LogP contribution in [0.1, 0.15) is 12.7 Å². The lowest BCUT2D eigenvalue weighted by atomic mass is 10.4. The van der Waals surface area contributed by atoms with Crippen LogP contribution >= 0.6 is 0 Å². The number of hydrogen-bond acceptors (Lipinski definition) is 5. The molecule has 0 unspecified atom stereocenters. The van der Waals surface area contributed by atoms with Crippen LogP contribution in [0.2, 0.25) is 0 Å². The molecule has 0 aliphatic heterocycles. The average molecular weight is 234 g/mol. The van der Waals surface area contributed by atoms with Crippen molar-refractivity contribution in [2.24, 2.45) is 0 Å². The van der Waals surface area contributed by atoms with Crippen molar-refractivity contribution in [1.82, 2.24) is 24.7 Å². The molecule has 2 heterocycles. The minimum atomic E-state index is -0.104. The number of aromatic nitrogens is 5. The lowest BCUT2D eigenvalue weighted by molar-refractivity contribution is 0.718. The van der Waals surface area contributed by atoms with E-state index in [2.05, 4.69) is 25.5 Å². The summed E-state index contributed by atoms with van der Waals surface area (Å²) in [6.07, 6.45) is 5.41. The summed E-state index contributed by atoms with van der Waals surface area (Å²) in [6.45, 7) is 3.14. The van der Waals surface area contributed by atoms with Gasteiger partial charge in [-0.15, -0.1) is 0 Å². The average Bonchev–Trinajstić information content (AvgIpc) is 2.84. The smallest absolute Gasteiger partial charge is 0.293 e. The quantitative estimate of drug-likeness (QED) is 0.762. The van der Waals surface area contributed by atoms with Crippen LogP contribution in [0.15, 0.2) is 23.5 Å². The van der Waals surface area contributed by atoms with Crippen LogP contribution in [0.25, 0.3) is 0 Å². The number of anilines is 1. The molecule has 0 saturated heterocycles. The van der Waals surface area contributed by atoms with Gasteiger partial charge in [-0.3, -0.25) is 9.89 Å². The molecule has 0 fully saturated rings. The van der Waals surface area contributed by atoms with E-state index in [1.807, 2.05) is 6.92 Å². The molecule has 2 aromatic heterocycles. The molecule has 2 aromatic rings. The third-order valence-electron chi connectivity index (χ3n) is 2.37. The van der Waals surface area contributed by atoms with Gasteiger partial charge in [-0.25, -0.2) is 9.97 Å². The van der Waals surface area contributed by atoms with Gasteiger partial charge in [0.1, 0.15) is 12.2 Å². The van der Waals surface area contributed by atoms with Gasteiger partial charge in [-0.05, 0) is 6.92 Å². The first-order valence-electron chi connectivity index (χ1n) is 5.45. The summed E-state index contributed by atoms with van der Waals surface area (Å²) in [6, 6.07) is 0. The molecule has 0 spiro atoms. The van der Waals surface area contributed by atoms with E-state index in [0.717, 1.165) is 5.82 Å². The van der Waals surface area contributed by atoms with Crippen molar-refractivity contribution in [3.63, 3.8) is 0 Å². The number of nitrogens with one attached hydrogen (secondary N) is 2. The van der Waals surface area contributed by atoms with Crippen molar-refractivity contribution in [3.8, 4) is 0 Å². The van der Waals surface area contributed by atoms with Crippen molar-refractivity contribution in [2.45, 2.75) is 19.9 Å². The van der Waals surface area contributed by atoms with Gasteiger partial charge in [-0.2, -0.15) is 5.10 Å². The maximum absolute atomic E-state index is 11.8. The molecule has 17 heavy (non-hydrogen) atoms. The second-order valence-electron chi connectivity index (χ2n) is 3.48. The Morgan fingerprint density at radius 3 is 3.06 bits per heavy atom. The van der Waals surface area contributed by atoms with E-state index in [1.165, 1.54) is 6.33 Å². The first-order chi connectivity index (χ1) is 8.31. The van der Waals surface area contributed by atoms with Gasteiger partial charge in [0.2, 0.25) is 0 Å². The lowest BCUT2D eigenvalue weighted by Gasteiger charge is -2.06. The molecular formula is C10H14N6O.